The Hall–Kier alpha value is -1.04. The van der Waals surface area contributed by atoms with Crippen LogP contribution in [-0.4, -0.2) is 0 Å². The van der Waals surface area contributed by atoms with Crippen molar-refractivity contribution in [1.82, 2.24) is 0 Å². The van der Waals surface area contributed by atoms with Gasteiger partial charge in [0.15, 0.2) is 0 Å². The van der Waals surface area contributed by atoms with E-state index >= 15 is 0 Å². The van der Waals surface area contributed by atoms with Gasteiger partial charge >= 0.3 is 0 Å². The van der Waals surface area contributed by atoms with Crippen LogP contribution in [0.5, 0.6) is 0 Å². The van der Waals surface area contributed by atoms with Gasteiger partial charge in [-0.3, -0.25) is 0 Å². The van der Waals surface area contributed by atoms with Gasteiger partial charge in [0.1, 0.15) is 0 Å². The third kappa shape index (κ3) is 2.37. The van der Waals surface area contributed by atoms with Crippen molar-refractivity contribution in [2.75, 3.05) is 0 Å². The summed E-state index contributed by atoms with van der Waals surface area (Å²) in [6.45, 7) is 4.75. The summed E-state index contributed by atoms with van der Waals surface area (Å²) in [6.07, 6.45) is 21.1. The molecule has 0 aromatic heterocycles. The van der Waals surface area contributed by atoms with Crippen LogP contribution in [0.2, 0.25) is 0 Å². The van der Waals surface area contributed by atoms with Gasteiger partial charge in [0, 0.05) is 5.92 Å². The second kappa shape index (κ2) is 4.86. The third-order valence-electron chi connectivity index (χ3n) is 3.91. The highest BCUT2D eigenvalue weighted by atomic mass is 14.3. The molecule has 0 saturated heterocycles. The van der Waals surface area contributed by atoms with Gasteiger partial charge in [-0.1, -0.05) is 62.0 Å². The summed E-state index contributed by atoms with van der Waals surface area (Å²) in [5.41, 5.74) is 1.87. The Balaban J connectivity index is 2.20. The van der Waals surface area contributed by atoms with Gasteiger partial charge in [0.25, 0.3) is 0 Å². The third-order valence-corrected chi connectivity index (χ3v) is 3.91. The van der Waals surface area contributed by atoms with Gasteiger partial charge in [0.2, 0.25) is 0 Å². The van der Waals surface area contributed by atoms with Crippen molar-refractivity contribution in [3.05, 3.63) is 48.1 Å². The minimum absolute atomic E-state index is 0.269. The summed E-state index contributed by atoms with van der Waals surface area (Å²) in [6, 6.07) is 0. The maximum atomic E-state index is 2.37. The number of hydrogen-bond acceptors (Lipinski definition) is 0. The van der Waals surface area contributed by atoms with Crippen LogP contribution in [0.25, 0.3) is 0 Å². The van der Waals surface area contributed by atoms with E-state index < -0.39 is 0 Å². The first-order chi connectivity index (χ1) is 7.71. The van der Waals surface area contributed by atoms with Crippen LogP contribution in [-0.2, 0) is 0 Å². The highest BCUT2D eigenvalue weighted by Crippen LogP contribution is 2.41. The minimum Gasteiger partial charge on any atom is -0.0845 e. The van der Waals surface area contributed by atoms with Crippen molar-refractivity contribution >= 4 is 0 Å². The van der Waals surface area contributed by atoms with E-state index in [0.717, 1.165) is 0 Å². The number of hydrogen-bond donors (Lipinski definition) is 0. The molecule has 16 heavy (non-hydrogen) atoms. The lowest BCUT2D eigenvalue weighted by Crippen LogP contribution is -2.23. The minimum atomic E-state index is 0.269. The van der Waals surface area contributed by atoms with E-state index in [-0.39, 0.29) is 5.41 Å². The fraction of sp³-hybridized carbons (Fsp3) is 0.500. The summed E-state index contributed by atoms with van der Waals surface area (Å²) < 4.78 is 0. The maximum absolute atomic E-state index is 2.37. The first-order valence-corrected chi connectivity index (χ1v) is 6.42. The van der Waals surface area contributed by atoms with Crippen molar-refractivity contribution in [1.29, 1.82) is 0 Å². The SMILES string of the molecule is CC(C)(/C1=C/C=C\CCCC1)C1C=CC=C1. The van der Waals surface area contributed by atoms with Crippen LogP contribution in [0.3, 0.4) is 0 Å². The molecule has 0 aromatic rings. The Morgan fingerprint density at radius 2 is 1.81 bits per heavy atom. The predicted octanol–water partition coefficient (Wildman–Crippen LogP) is 4.81. The predicted molar refractivity (Wildman–Crippen MR) is 71.2 cm³/mol. The smallest absolute Gasteiger partial charge is 0.00413 e. The van der Waals surface area contributed by atoms with Crippen molar-refractivity contribution in [2.45, 2.75) is 39.5 Å². The van der Waals surface area contributed by atoms with Crippen LogP contribution in [0.4, 0.5) is 0 Å². The lowest BCUT2D eigenvalue weighted by atomic mass is 9.71. The Labute approximate surface area is 99.4 Å². The molecule has 86 valence electrons. The highest BCUT2D eigenvalue weighted by Gasteiger charge is 2.30. The molecule has 0 radical (unpaired) electrons. The van der Waals surface area contributed by atoms with Gasteiger partial charge in [-0.15, -0.1) is 0 Å². The van der Waals surface area contributed by atoms with Gasteiger partial charge in [-0.2, -0.15) is 0 Å². The summed E-state index contributed by atoms with van der Waals surface area (Å²) in [7, 11) is 0. The van der Waals surface area contributed by atoms with E-state index in [2.05, 4.69) is 56.4 Å². The van der Waals surface area contributed by atoms with Gasteiger partial charge in [-0.05, 0) is 31.1 Å². The fourth-order valence-corrected chi connectivity index (χ4v) is 2.61. The second-order valence-electron chi connectivity index (χ2n) is 5.38. The molecule has 2 aliphatic rings. The van der Waals surface area contributed by atoms with Crippen LogP contribution < -0.4 is 0 Å². The maximum Gasteiger partial charge on any atom is 0.00413 e. The van der Waals surface area contributed by atoms with E-state index in [0.29, 0.717) is 5.92 Å². The Kier molecular flexibility index (Phi) is 3.48. The standard InChI is InChI=1S/C16H22/c1-16(2,15-12-8-9-13-15)14-10-6-4-3-5-7-11-14/h4,6,8-10,12-13,15H,3,5,7,11H2,1-2H3/b6-4-,14-10+. The first-order valence-electron chi connectivity index (χ1n) is 6.42. The number of allylic oxidation sites excluding steroid dienone is 8. The lowest BCUT2D eigenvalue weighted by Gasteiger charge is -2.33. The Morgan fingerprint density at radius 3 is 2.56 bits per heavy atom. The van der Waals surface area contributed by atoms with Crippen molar-refractivity contribution < 1.29 is 0 Å². The average molecular weight is 214 g/mol. The first kappa shape index (κ1) is 11.4. The monoisotopic (exact) mass is 214 g/mol. The molecule has 0 bridgehead atoms. The molecule has 2 rings (SSSR count). The zero-order valence-electron chi connectivity index (χ0n) is 10.4. The van der Waals surface area contributed by atoms with Crippen LogP contribution >= 0.6 is 0 Å². The quantitative estimate of drug-likeness (QED) is 0.618. The molecule has 0 N–H and O–H groups in total. The molecule has 0 aromatic carbocycles. The summed E-state index contributed by atoms with van der Waals surface area (Å²) in [5.74, 6) is 0.576. The number of rotatable bonds is 2. The van der Waals surface area contributed by atoms with Crippen molar-refractivity contribution in [3.8, 4) is 0 Å². The molecule has 0 heteroatoms. The topological polar surface area (TPSA) is 0 Å². The van der Waals surface area contributed by atoms with Gasteiger partial charge < -0.3 is 0 Å². The second-order valence-corrected chi connectivity index (χ2v) is 5.38. The summed E-state index contributed by atoms with van der Waals surface area (Å²) in [5, 5.41) is 0. The summed E-state index contributed by atoms with van der Waals surface area (Å²) in [4.78, 5) is 0. The Morgan fingerprint density at radius 1 is 1.06 bits per heavy atom. The molecule has 0 saturated carbocycles. The molecule has 0 heterocycles. The molecule has 0 amide bonds. The van der Waals surface area contributed by atoms with Crippen LogP contribution in [0, 0.1) is 11.3 Å². The van der Waals surface area contributed by atoms with Gasteiger partial charge in [0.05, 0.1) is 0 Å². The summed E-state index contributed by atoms with van der Waals surface area (Å²) >= 11 is 0. The molecular weight excluding hydrogens is 192 g/mol. The Bertz CT molecular complexity index is 338. The zero-order chi connectivity index (χ0) is 11.4. The molecular formula is C16H22. The van der Waals surface area contributed by atoms with Crippen LogP contribution in [0.15, 0.2) is 48.1 Å². The molecule has 0 atom stereocenters. The van der Waals surface area contributed by atoms with Gasteiger partial charge in [-0.25, -0.2) is 0 Å². The molecule has 0 fully saturated rings. The molecule has 0 unspecified atom stereocenters. The van der Waals surface area contributed by atoms with Crippen molar-refractivity contribution in [2.24, 2.45) is 11.3 Å². The van der Waals surface area contributed by atoms with E-state index in [9.17, 15) is 0 Å². The van der Waals surface area contributed by atoms with E-state index in [1.165, 1.54) is 25.7 Å². The van der Waals surface area contributed by atoms with Crippen molar-refractivity contribution in [3.63, 3.8) is 0 Å². The van der Waals surface area contributed by atoms with E-state index in [4.69, 9.17) is 0 Å². The fourth-order valence-electron chi connectivity index (χ4n) is 2.61. The molecule has 0 spiro atoms. The van der Waals surface area contributed by atoms with E-state index in [1.54, 1.807) is 5.57 Å². The zero-order valence-corrected chi connectivity index (χ0v) is 10.4. The lowest BCUT2D eigenvalue weighted by molar-refractivity contribution is 0.360. The van der Waals surface area contributed by atoms with Crippen LogP contribution in [0.1, 0.15) is 39.5 Å². The average Bonchev–Trinajstić information content (AvgIpc) is 2.68. The molecule has 0 nitrogen and oxygen atoms in total. The normalized spacial score (nSPS) is 27.2. The highest BCUT2D eigenvalue weighted by molar-refractivity contribution is 5.29. The molecule has 2 aliphatic carbocycles. The molecule has 0 aliphatic heterocycles. The van der Waals surface area contributed by atoms with E-state index in [1.807, 2.05) is 0 Å². The largest absolute Gasteiger partial charge is 0.0845 e.